The molecular weight excluding hydrogens is 198 g/mol. The number of hydrogen-bond donors (Lipinski definition) is 0. The maximum Gasteiger partial charge on any atom is 0.152 e. The minimum absolute atomic E-state index is 0.538. The first kappa shape index (κ1) is 11.2. The van der Waals surface area contributed by atoms with Crippen molar-refractivity contribution in [3.63, 3.8) is 0 Å². The summed E-state index contributed by atoms with van der Waals surface area (Å²) >= 11 is 0. The summed E-state index contributed by atoms with van der Waals surface area (Å²) < 4.78 is 0. The van der Waals surface area contributed by atoms with Crippen molar-refractivity contribution in [1.82, 2.24) is 0 Å². The van der Waals surface area contributed by atoms with Gasteiger partial charge in [-0.25, -0.2) is 0 Å². The second-order valence-electron chi connectivity index (χ2n) is 5.02. The van der Waals surface area contributed by atoms with Gasteiger partial charge in [0.25, 0.3) is 0 Å². The van der Waals surface area contributed by atoms with Gasteiger partial charge in [-0.3, -0.25) is 4.79 Å². The Kier molecular flexibility index (Phi) is 2.99. The molecule has 1 aromatic rings. The fourth-order valence-electron chi connectivity index (χ4n) is 2.67. The van der Waals surface area contributed by atoms with Crippen LogP contribution >= 0.6 is 0 Å². The molecule has 0 amide bonds. The van der Waals surface area contributed by atoms with Crippen LogP contribution in [0.15, 0.2) is 18.2 Å². The van der Waals surface area contributed by atoms with Gasteiger partial charge in [0.15, 0.2) is 6.29 Å². The van der Waals surface area contributed by atoms with Gasteiger partial charge in [0.05, 0.1) is 0 Å². The van der Waals surface area contributed by atoms with E-state index in [-0.39, 0.29) is 0 Å². The van der Waals surface area contributed by atoms with E-state index in [1.54, 1.807) is 0 Å². The van der Waals surface area contributed by atoms with Crippen LogP contribution in [0.5, 0.6) is 0 Å². The van der Waals surface area contributed by atoms with E-state index in [0.717, 1.165) is 35.6 Å². The zero-order chi connectivity index (χ0) is 11.7. The lowest BCUT2D eigenvalue weighted by Crippen LogP contribution is -2.27. The van der Waals surface area contributed by atoms with Gasteiger partial charge in [0, 0.05) is 23.8 Å². The SMILES string of the molecule is Cc1ccc(N2CC(C)CC2C)c(C=O)c1. The van der Waals surface area contributed by atoms with Crippen LogP contribution in [-0.4, -0.2) is 18.9 Å². The lowest BCUT2D eigenvalue weighted by atomic mass is 10.1. The molecule has 0 N–H and O–H groups in total. The Morgan fingerprint density at radius 3 is 2.69 bits per heavy atom. The summed E-state index contributed by atoms with van der Waals surface area (Å²) in [6, 6.07) is 6.67. The number of benzene rings is 1. The summed E-state index contributed by atoms with van der Waals surface area (Å²) in [4.78, 5) is 13.5. The maximum absolute atomic E-state index is 11.1. The van der Waals surface area contributed by atoms with Crippen LogP contribution in [0.2, 0.25) is 0 Å². The predicted molar refractivity (Wildman–Crippen MR) is 67.2 cm³/mol. The first-order valence-corrected chi connectivity index (χ1v) is 5.94. The minimum Gasteiger partial charge on any atom is -0.368 e. The molecule has 86 valence electrons. The summed E-state index contributed by atoms with van der Waals surface area (Å²) in [5.41, 5.74) is 3.06. The highest BCUT2D eigenvalue weighted by atomic mass is 16.1. The van der Waals surface area contributed by atoms with E-state index in [4.69, 9.17) is 0 Å². The molecule has 1 aliphatic rings. The molecule has 0 aromatic heterocycles. The average Bonchev–Trinajstić information content (AvgIpc) is 2.57. The van der Waals surface area contributed by atoms with Crippen LogP contribution in [0.3, 0.4) is 0 Å². The Hall–Kier alpha value is -1.31. The van der Waals surface area contributed by atoms with Crippen molar-refractivity contribution in [1.29, 1.82) is 0 Å². The molecule has 0 bridgehead atoms. The predicted octanol–water partition coefficient (Wildman–Crippen LogP) is 3.04. The smallest absolute Gasteiger partial charge is 0.152 e. The van der Waals surface area contributed by atoms with E-state index in [0.29, 0.717) is 6.04 Å². The summed E-state index contributed by atoms with van der Waals surface area (Å²) in [6.45, 7) is 7.58. The van der Waals surface area contributed by atoms with E-state index in [9.17, 15) is 4.79 Å². The standard InChI is InChI=1S/C14H19NO/c1-10-4-5-14(13(7-10)9-16)15-8-11(2)6-12(15)3/h4-5,7,9,11-12H,6,8H2,1-3H3. The van der Waals surface area contributed by atoms with Crippen molar-refractivity contribution in [2.24, 2.45) is 5.92 Å². The highest BCUT2D eigenvalue weighted by Crippen LogP contribution is 2.30. The zero-order valence-electron chi connectivity index (χ0n) is 10.2. The van der Waals surface area contributed by atoms with Gasteiger partial charge in [-0.05, 0) is 38.3 Å². The Labute approximate surface area is 97.3 Å². The van der Waals surface area contributed by atoms with Crippen LogP contribution in [0, 0.1) is 12.8 Å². The van der Waals surface area contributed by atoms with Crippen molar-refractivity contribution < 1.29 is 4.79 Å². The van der Waals surface area contributed by atoms with Gasteiger partial charge in [-0.2, -0.15) is 0 Å². The van der Waals surface area contributed by atoms with Crippen molar-refractivity contribution in [2.75, 3.05) is 11.4 Å². The third-order valence-electron chi connectivity index (χ3n) is 3.40. The lowest BCUT2D eigenvalue weighted by molar-refractivity contribution is 0.112. The molecule has 1 aromatic carbocycles. The van der Waals surface area contributed by atoms with Crippen LogP contribution in [0.1, 0.15) is 36.2 Å². The van der Waals surface area contributed by atoms with Crippen LogP contribution in [0.25, 0.3) is 0 Å². The molecule has 16 heavy (non-hydrogen) atoms. The van der Waals surface area contributed by atoms with Crippen molar-refractivity contribution in [3.8, 4) is 0 Å². The topological polar surface area (TPSA) is 20.3 Å². The highest BCUT2D eigenvalue weighted by molar-refractivity contribution is 5.85. The lowest BCUT2D eigenvalue weighted by Gasteiger charge is -2.25. The summed E-state index contributed by atoms with van der Waals surface area (Å²) in [5.74, 6) is 0.718. The fraction of sp³-hybridized carbons (Fsp3) is 0.500. The van der Waals surface area contributed by atoms with Crippen molar-refractivity contribution in [3.05, 3.63) is 29.3 Å². The van der Waals surface area contributed by atoms with Gasteiger partial charge in [0.1, 0.15) is 0 Å². The first-order chi connectivity index (χ1) is 7.61. The van der Waals surface area contributed by atoms with E-state index in [2.05, 4.69) is 30.9 Å². The molecule has 1 aliphatic heterocycles. The third-order valence-corrected chi connectivity index (χ3v) is 3.40. The van der Waals surface area contributed by atoms with E-state index < -0.39 is 0 Å². The average molecular weight is 217 g/mol. The Morgan fingerprint density at radius 1 is 1.38 bits per heavy atom. The molecule has 1 saturated heterocycles. The van der Waals surface area contributed by atoms with Gasteiger partial charge in [0.2, 0.25) is 0 Å². The van der Waals surface area contributed by atoms with Crippen molar-refractivity contribution in [2.45, 2.75) is 33.2 Å². The normalized spacial score (nSPS) is 24.8. The van der Waals surface area contributed by atoms with E-state index >= 15 is 0 Å². The van der Waals surface area contributed by atoms with E-state index in [1.807, 2.05) is 13.0 Å². The largest absolute Gasteiger partial charge is 0.368 e. The third kappa shape index (κ3) is 1.97. The number of hydrogen-bond acceptors (Lipinski definition) is 2. The number of aldehydes is 1. The van der Waals surface area contributed by atoms with Crippen molar-refractivity contribution >= 4 is 12.0 Å². The molecule has 1 heterocycles. The Morgan fingerprint density at radius 2 is 2.12 bits per heavy atom. The number of nitrogens with zero attached hydrogens (tertiary/aromatic N) is 1. The van der Waals surface area contributed by atoms with Gasteiger partial charge in [-0.15, -0.1) is 0 Å². The summed E-state index contributed by atoms with van der Waals surface area (Å²) in [5, 5.41) is 0. The number of carbonyl (C=O) groups excluding carboxylic acids is 1. The molecule has 2 heteroatoms. The fourth-order valence-corrected chi connectivity index (χ4v) is 2.67. The monoisotopic (exact) mass is 217 g/mol. The molecule has 2 rings (SSSR count). The number of aryl methyl sites for hydroxylation is 1. The molecular formula is C14H19NO. The number of rotatable bonds is 2. The van der Waals surface area contributed by atoms with Crippen LogP contribution < -0.4 is 4.90 Å². The van der Waals surface area contributed by atoms with Gasteiger partial charge in [-0.1, -0.05) is 18.6 Å². The highest BCUT2D eigenvalue weighted by Gasteiger charge is 2.27. The molecule has 0 radical (unpaired) electrons. The first-order valence-electron chi connectivity index (χ1n) is 5.94. The quantitative estimate of drug-likeness (QED) is 0.710. The van der Waals surface area contributed by atoms with Crippen LogP contribution in [0.4, 0.5) is 5.69 Å². The second-order valence-corrected chi connectivity index (χ2v) is 5.02. The second kappa shape index (κ2) is 4.28. The molecule has 2 nitrogen and oxygen atoms in total. The summed E-state index contributed by atoms with van der Waals surface area (Å²) in [6.07, 6.45) is 2.18. The van der Waals surface area contributed by atoms with Crippen LogP contribution in [-0.2, 0) is 0 Å². The molecule has 1 fully saturated rings. The maximum atomic E-state index is 11.1. The van der Waals surface area contributed by atoms with Gasteiger partial charge >= 0.3 is 0 Å². The van der Waals surface area contributed by atoms with E-state index in [1.165, 1.54) is 6.42 Å². The zero-order valence-corrected chi connectivity index (χ0v) is 10.2. The van der Waals surface area contributed by atoms with Gasteiger partial charge < -0.3 is 4.90 Å². The molecule has 0 saturated carbocycles. The summed E-state index contributed by atoms with van der Waals surface area (Å²) in [7, 11) is 0. The Bertz CT molecular complexity index is 400. The number of carbonyl (C=O) groups is 1. The molecule has 0 aliphatic carbocycles. The minimum atomic E-state index is 0.538. The number of anilines is 1. The molecule has 2 unspecified atom stereocenters. The molecule has 0 spiro atoms. The molecule has 2 atom stereocenters. The Balaban J connectivity index is 2.36.